The molecule has 0 aliphatic carbocycles. The van der Waals surface area contributed by atoms with Gasteiger partial charge in [0.25, 0.3) is 5.91 Å². The van der Waals surface area contributed by atoms with Gasteiger partial charge in [0.1, 0.15) is 6.07 Å². The van der Waals surface area contributed by atoms with E-state index in [1.807, 2.05) is 12.1 Å². The second-order valence-corrected chi connectivity index (χ2v) is 5.95. The minimum absolute atomic E-state index is 0.164. The number of hydrogen-bond acceptors (Lipinski definition) is 6. The first-order valence-corrected chi connectivity index (χ1v) is 8.56. The molecule has 2 heterocycles. The van der Waals surface area contributed by atoms with Crippen LogP contribution >= 0.6 is 0 Å². The number of carbonyl (C=O) groups excluding carboxylic acids is 1. The number of morpholine rings is 1. The van der Waals surface area contributed by atoms with Crippen LogP contribution in [0.5, 0.6) is 0 Å². The van der Waals surface area contributed by atoms with Crippen LogP contribution in [0.2, 0.25) is 0 Å². The van der Waals surface area contributed by atoms with E-state index < -0.39 is 0 Å². The molecule has 1 aliphatic rings. The highest BCUT2D eigenvalue weighted by molar-refractivity contribution is 5.94. The van der Waals surface area contributed by atoms with E-state index in [1.54, 1.807) is 24.4 Å². The molecule has 0 unspecified atom stereocenters. The summed E-state index contributed by atoms with van der Waals surface area (Å²) in [6.07, 6.45) is 3.16. The Labute approximate surface area is 152 Å². The monoisotopic (exact) mass is 351 g/mol. The lowest BCUT2D eigenvalue weighted by Gasteiger charge is -2.26. The summed E-state index contributed by atoms with van der Waals surface area (Å²) in [5, 5.41) is 15.2. The number of para-hydroxylation sites is 1. The van der Waals surface area contributed by atoms with Crippen molar-refractivity contribution in [2.75, 3.05) is 44.7 Å². The first-order chi connectivity index (χ1) is 12.8. The Balaban J connectivity index is 1.57. The van der Waals surface area contributed by atoms with Crippen molar-refractivity contribution in [3.63, 3.8) is 0 Å². The fraction of sp³-hybridized carbons (Fsp3) is 0.316. The molecule has 1 aromatic heterocycles. The number of ether oxygens (including phenoxy) is 1. The van der Waals surface area contributed by atoms with Crippen molar-refractivity contribution in [2.24, 2.45) is 0 Å². The average Bonchev–Trinajstić information content (AvgIpc) is 2.69. The third kappa shape index (κ3) is 4.79. The van der Waals surface area contributed by atoms with Crippen molar-refractivity contribution in [3.05, 3.63) is 53.9 Å². The van der Waals surface area contributed by atoms with Gasteiger partial charge < -0.3 is 15.4 Å². The van der Waals surface area contributed by atoms with E-state index in [4.69, 9.17) is 10.00 Å². The van der Waals surface area contributed by atoms with Crippen molar-refractivity contribution in [2.45, 2.75) is 0 Å². The molecule has 1 saturated heterocycles. The average molecular weight is 351 g/mol. The number of nitrogens with one attached hydrogen (secondary N) is 2. The molecule has 0 radical (unpaired) electrons. The van der Waals surface area contributed by atoms with Gasteiger partial charge in [-0.3, -0.25) is 14.7 Å². The maximum atomic E-state index is 12.3. The highest BCUT2D eigenvalue weighted by Crippen LogP contribution is 2.20. The van der Waals surface area contributed by atoms with E-state index in [-0.39, 0.29) is 5.91 Å². The number of carbonyl (C=O) groups is 1. The van der Waals surface area contributed by atoms with Gasteiger partial charge in [0.2, 0.25) is 0 Å². The summed E-state index contributed by atoms with van der Waals surface area (Å²) in [5.41, 5.74) is 2.36. The smallest absolute Gasteiger partial charge is 0.252 e. The standard InChI is InChI=1S/C19H21N5O2/c20-12-15-3-1-2-4-18(15)23-17-11-16(13-21-14-17)19(25)22-5-6-24-7-9-26-10-8-24/h1-4,11,13-14,23H,5-10H2,(H,22,25). The van der Waals surface area contributed by atoms with Gasteiger partial charge in [0, 0.05) is 32.4 Å². The summed E-state index contributed by atoms with van der Waals surface area (Å²) < 4.78 is 5.31. The van der Waals surface area contributed by atoms with E-state index in [1.165, 1.54) is 6.20 Å². The van der Waals surface area contributed by atoms with Crippen LogP contribution < -0.4 is 10.6 Å². The van der Waals surface area contributed by atoms with Crippen LogP contribution in [-0.4, -0.2) is 55.2 Å². The van der Waals surface area contributed by atoms with E-state index in [0.29, 0.717) is 29.0 Å². The molecular formula is C19H21N5O2. The van der Waals surface area contributed by atoms with Gasteiger partial charge in [-0.05, 0) is 18.2 Å². The number of pyridine rings is 1. The van der Waals surface area contributed by atoms with Gasteiger partial charge in [0.15, 0.2) is 0 Å². The fourth-order valence-electron chi connectivity index (χ4n) is 2.73. The van der Waals surface area contributed by atoms with Crippen LogP contribution in [0, 0.1) is 11.3 Å². The minimum atomic E-state index is -0.164. The second-order valence-electron chi connectivity index (χ2n) is 5.95. The fourth-order valence-corrected chi connectivity index (χ4v) is 2.73. The van der Waals surface area contributed by atoms with Crippen LogP contribution in [-0.2, 0) is 4.74 Å². The Morgan fingerprint density at radius 2 is 2.08 bits per heavy atom. The molecule has 2 aromatic rings. The molecule has 7 nitrogen and oxygen atoms in total. The van der Waals surface area contributed by atoms with Crippen molar-refractivity contribution >= 4 is 17.3 Å². The van der Waals surface area contributed by atoms with Crippen LogP contribution in [0.15, 0.2) is 42.7 Å². The van der Waals surface area contributed by atoms with Crippen molar-refractivity contribution in [1.82, 2.24) is 15.2 Å². The molecule has 3 rings (SSSR count). The summed E-state index contributed by atoms with van der Waals surface area (Å²) in [7, 11) is 0. The number of hydrogen-bond donors (Lipinski definition) is 2. The second kappa shape index (κ2) is 8.94. The van der Waals surface area contributed by atoms with Crippen molar-refractivity contribution < 1.29 is 9.53 Å². The predicted octanol–water partition coefficient (Wildman–Crippen LogP) is 1.76. The summed E-state index contributed by atoms with van der Waals surface area (Å²) >= 11 is 0. The molecule has 1 aromatic carbocycles. The zero-order chi connectivity index (χ0) is 18.2. The van der Waals surface area contributed by atoms with E-state index in [2.05, 4.69) is 26.6 Å². The molecule has 0 bridgehead atoms. The summed E-state index contributed by atoms with van der Waals surface area (Å²) in [4.78, 5) is 18.7. The number of amides is 1. The van der Waals surface area contributed by atoms with Crippen molar-refractivity contribution in [1.29, 1.82) is 5.26 Å². The van der Waals surface area contributed by atoms with Gasteiger partial charge in [-0.1, -0.05) is 12.1 Å². The molecular weight excluding hydrogens is 330 g/mol. The largest absolute Gasteiger partial charge is 0.379 e. The molecule has 0 spiro atoms. The number of nitriles is 1. The predicted molar refractivity (Wildman–Crippen MR) is 98.3 cm³/mol. The molecule has 7 heteroatoms. The third-order valence-electron chi connectivity index (χ3n) is 4.14. The summed E-state index contributed by atoms with van der Waals surface area (Å²) in [6.45, 7) is 4.67. The molecule has 2 N–H and O–H groups in total. The number of benzene rings is 1. The first-order valence-electron chi connectivity index (χ1n) is 8.56. The molecule has 1 aliphatic heterocycles. The molecule has 0 saturated carbocycles. The zero-order valence-corrected chi connectivity index (χ0v) is 14.4. The Morgan fingerprint density at radius 1 is 1.27 bits per heavy atom. The van der Waals surface area contributed by atoms with Crippen LogP contribution in [0.4, 0.5) is 11.4 Å². The summed E-state index contributed by atoms with van der Waals surface area (Å²) in [5.74, 6) is -0.164. The lowest BCUT2D eigenvalue weighted by atomic mass is 10.2. The minimum Gasteiger partial charge on any atom is -0.379 e. The van der Waals surface area contributed by atoms with Gasteiger partial charge in [-0.25, -0.2) is 0 Å². The number of aromatic nitrogens is 1. The Kier molecular flexibility index (Phi) is 6.14. The van der Waals surface area contributed by atoms with Gasteiger partial charge in [0.05, 0.1) is 41.9 Å². The number of nitrogens with zero attached hydrogens (tertiary/aromatic N) is 3. The lowest BCUT2D eigenvalue weighted by Crippen LogP contribution is -2.41. The van der Waals surface area contributed by atoms with Crippen LogP contribution in [0.25, 0.3) is 0 Å². The maximum absolute atomic E-state index is 12.3. The van der Waals surface area contributed by atoms with Gasteiger partial charge in [-0.15, -0.1) is 0 Å². The Morgan fingerprint density at radius 3 is 2.88 bits per heavy atom. The van der Waals surface area contributed by atoms with E-state index in [9.17, 15) is 4.79 Å². The quantitative estimate of drug-likeness (QED) is 0.824. The molecule has 1 amide bonds. The van der Waals surface area contributed by atoms with Gasteiger partial charge >= 0.3 is 0 Å². The molecule has 134 valence electrons. The zero-order valence-electron chi connectivity index (χ0n) is 14.4. The van der Waals surface area contributed by atoms with Crippen molar-refractivity contribution in [3.8, 4) is 6.07 Å². The van der Waals surface area contributed by atoms with E-state index in [0.717, 1.165) is 32.8 Å². The van der Waals surface area contributed by atoms with Gasteiger partial charge in [-0.2, -0.15) is 5.26 Å². The summed E-state index contributed by atoms with van der Waals surface area (Å²) in [6, 6.07) is 11.1. The number of rotatable bonds is 6. The molecule has 0 atom stereocenters. The van der Waals surface area contributed by atoms with Crippen LogP contribution in [0.3, 0.4) is 0 Å². The first kappa shape index (κ1) is 17.9. The van der Waals surface area contributed by atoms with Crippen LogP contribution in [0.1, 0.15) is 15.9 Å². The topological polar surface area (TPSA) is 90.3 Å². The Hall–Kier alpha value is -2.95. The normalized spacial score (nSPS) is 14.4. The molecule has 1 fully saturated rings. The SMILES string of the molecule is N#Cc1ccccc1Nc1cncc(C(=O)NCCN2CCOCC2)c1. The third-order valence-corrected chi connectivity index (χ3v) is 4.14. The highest BCUT2D eigenvalue weighted by atomic mass is 16.5. The highest BCUT2D eigenvalue weighted by Gasteiger charge is 2.11. The maximum Gasteiger partial charge on any atom is 0.252 e. The number of anilines is 2. The van der Waals surface area contributed by atoms with E-state index >= 15 is 0 Å². The Bertz CT molecular complexity index is 797. The lowest BCUT2D eigenvalue weighted by molar-refractivity contribution is 0.0383. The molecule has 26 heavy (non-hydrogen) atoms.